The lowest BCUT2D eigenvalue weighted by molar-refractivity contribution is 0.445. The van der Waals surface area contributed by atoms with Gasteiger partial charge in [-0.05, 0) is 17.7 Å². The van der Waals surface area contributed by atoms with Gasteiger partial charge in [0, 0.05) is 38.2 Å². The Morgan fingerprint density at radius 2 is 1.96 bits per heavy atom. The molecule has 0 saturated heterocycles. The SMILES string of the molecule is CCN(CC)S(=O)(=O)CCNC(=NC)NCc1cccc(Cl)c1. The molecular formula is C15H25ClN4O2S. The van der Waals surface area contributed by atoms with Gasteiger partial charge in [-0.2, -0.15) is 0 Å². The Bertz CT molecular complexity index is 616. The summed E-state index contributed by atoms with van der Waals surface area (Å²) in [5.74, 6) is 0.590. The van der Waals surface area contributed by atoms with Crippen molar-refractivity contribution in [3.05, 3.63) is 34.9 Å². The van der Waals surface area contributed by atoms with Crippen LogP contribution in [0.3, 0.4) is 0 Å². The van der Waals surface area contributed by atoms with Gasteiger partial charge in [-0.1, -0.05) is 37.6 Å². The zero-order chi connectivity index (χ0) is 17.3. The fourth-order valence-electron chi connectivity index (χ4n) is 2.10. The summed E-state index contributed by atoms with van der Waals surface area (Å²) in [5, 5.41) is 6.82. The molecule has 0 radical (unpaired) electrons. The molecule has 23 heavy (non-hydrogen) atoms. The molecular weight excluding hydrogens is 336 g/mol. The van der Waals surface area contributed by atoms with Crippen LogP contribution in [-0.4, -0.2) is 51.1 Å². The molecule has 0 heterocycles. The van der Waals surface area contributed by atoms with Gasteiger partial charge in [0.25, 0.3) is 0 Å². The first-order valence-electron chi connectivity index (χ1n) is 7.59. The number of aliphatic imine (C=N–C) groups is 1. The third-order valence-electron chi connectivity index (χ3n) is 3.32. The number of nitrogens with one attached hydrogen (secondary N) is 2. The van der Waals surface area contributed by atoms with Crippen LogP contribution in [0.2, 0.25) is 5.02 Å². The summed E-state index contributed by atoms with van der Waals surface area (Å²) in [4.78, 5) is 4.08. The second kappa shape index (κ2) is 9.75. The molecule has 6 nitrogen and oxygen atoms in total. The number of nitrogens with zero attached hydrogens (tertiary/aromatic N) is 2. The maximum absolute atomic E-state index is 12.1. The molecule has 0 aliphatic carbocycles. The van der Waals surface area contributed by atoms with Gasteiger partial charge in [0.15, 0.2) is 5.96 Å². The van der Waals surface area contributed by atoms with Crippen LogP contribution in [0, 0.1) is 0 Å². The summed E-state index contributed by atoms with van der Waals surface area (Å²) in [6, 6.07) is 7.52. The van der Waals surface area contributed by atoms with Gasteiger partial charge in [-0.3, -0.25) is 4.99 Å². The van der Waals surface area contributed by atoms with E-state index in [2.05, 4.69) is 15.6 Å². The lowest BCUT2D eigenvalue weighted by atomic mass is 10.2. The van der Waals surface area contributed by atoms with Gasteiger partial charge in [0.05, 0.1) is 5.75 Å². The third kappa shape index (κ3) is 6.76. The van der Waals surface area contributed by atoms with E-state index in [0.717, 1.165) is 5.56 Å². The molecule has 0 saturated carbocycles. The lowest BCUT2D eigenvalue weighted by Gasteiger charge is -2.19. The Morgan fingerprint density at radius 3 is 2.52 bits per heavy atom. The van der Waals surface area contributed by atoms with Crippen LogP contribution in [0.4, 0.5) is 0 Å². The summed E-state index contributed by atoms with van der Waals surface area (Å²) in [6.45, 7) is 5.50. The van der Waals surface area contributed by atoms with E-state index < -0.39 is 10.0 Å². The molecule has 1 aromatic carbocycles. The van der Waals surface area contributed by atoms with E-state index in [4.69, 9.17) is 11.6 Å². The molecule has 0 amide bonds. The highest BCUT2D eigenvalue weighted by atomic mass is 35.5. The average molecular weight is 361 g/mol. The summed E-state index contributed by atoms with van der Waals surface area (Å²) >= 11 is 5.94. The first-order valence-corrected chi connectivity index (χ1v) is 9.58. The first kappa shape index (κ1) is 19.7. The molecule has 130 valence electrons. The van der Waals surface area contributed by atoms with E-state index >= 15 is 0 Å². The monoisotopic (exact) mass is 360 g/mol. The van der Waals surface area contributed by atoms with Gasteiger partial charge in [0.1, 0.15) is 0 Å². The number of hydrogen-bond donors (Lipinski definition) is 2. The predicted molar refractivity (Wildman–Crippen MR) is 96.4 cm³/mol. The summed E-state index contributed by atoms with van der Waals surface area (Å²) in [5.41, 5.74) is 1.02. The summed E-state index contributed by atoms with van der Waals surface area (Å²) in [7, 11) is -1.58. The highest BCUT2D eigenvalue weighted by molar-refractivity contribution is 7.89. The number of sulfonamides is 1. The first-order chi connectivity index (χ1) is 10.9. The van der Waals surface area contributed by atoms with Crippen molar-refractivity contribution in [3.63, 3.8) is 0 Å². The zero-order valence-electron chi connectivity index (χ0n) is 13.8. The number of hydrogen-bond acceptors (Lipinski definition) is 3. The zero-order valence-corrected chi connectivity index (χ0v) is 15.4. The number of guanidine groups is 1. The van der Waals surface area contributed by atoms with Crippen molar-refractivity contribution in [1.82, 2.24) is 14.9 Å². The van der Waals surface area contributed by atoms with Crippen molar-refractivity contribution in [2.75, 3.05) is 32.4 Å². The van der Waals surface area contributed by atoms with Crippen LogP contribution in [0.5, 0.6) is 0 Å². The third-order valence-corrected chi connectivity index (χ3v) is 5.58. The Balaban J connectivity index is 2.46. The van der Waals surface area contributed by atoms with E-state index in [0.29, 0.717) is 37.2 Å². The summed E-state index contributed by atoms with van der Waals surface area (Å²) in [6.07, 6.45) is 0. The molecule has 0 bridgehead atoms. The topological polar surface area (TPSA) is 73.8 Å². The van der Waals surface area contributed by atoms with Gasteiger partial charge in [0.2, 0.25) is 10.0 Å². The summed E-state index contributed by atoms with van der Waals surface area (Å²) < 4.78 is 25.6. The molecule has 8 heteroatoms. The van der Waals surface area contributed by atoms with Crippen molar-refractivity contribution in [1.29, 1.82) is 0 Å². The maximum Gasteiger partial charge on any atom is 0.215 e. The molecule has 2 N–H and O–H groups in total. The highest BCUT2D eigenvalue weighted by Gasteiger charge is 2.18. The van der Waals surface area contributed by atoms with Gasteiger partial charge >= 0.3 is 0 Å². The highest BCUT2D eigenvalue weighted by Crippen LogP contribution is 2.10. The predicted octanol–water partition coefficient (Wildman–Crippen LogP) is 1.68. The molecule has 1 rings (SSSR count). The lowest BCUT2D eigenvalue weighted by Crippen LogP contribution is -2.41. The normalized spacial score (nSPS) is 12.5. The Hall–Kier alpha value is -1.31. The van der Waals surface area contributed by atoms with Crippen LogP contribution >= 0.6 is 11.6 Å². The Labute approximate surface area is 144 Å². The van der Waals surface area contributed by atoms with Crippen LogP contribution in [0.15, 0.2) is 29.3 Å². The minimum Gasteiger partial charge on any atom is -0.355 e. The van der Waals surface area contributed by atoms with Crippen LogP contribution in [-0.2, 0) is 16.6 Å². The smallest absolute Gasteiger partial charge is 0.215 e. The average Bonchev–Trinajstić information content (AvgIpc) is 2.51. The molecule has 0 unspecified atom stereocenters. The van der Waals surface area contributed by atoms with E-state index in [1.807, 2.05) is 38.1 Å². The quantitative estimate of drug-likeness (QED) is 0.546. The van der Waals surface area contributed by atoms with Crippen LogP contribution in [0.1, 0.15) is 19.4 Å². The molecule has 0 fully saturated rings. The minimum atomic E-state index is -3.23. The number of halogens is 1. The van der Waals surface area contributed by atoms with E-state index in [9.17, 15) is 8.42 Å². The Kier molecular flexibility index (Phi) is 8.36. The second-order valence-corrected chi connectivity index (χ2v) is 7.41. The molecule has 1 aromatic rings. The van der Waals surface area contributed by atoms with Crippen LogP contribution in [0.25, 0.3) is 0 Å². The number of rotatable bonds is 8. The standard InChI is InChI=1S/C15H25ClN4O2S/c1-4-20(5-2)23(21,22)10-9-18-15(17-3)19-12-13-7-6-8-14(16)11-13/h6-8,11H,4-5,9-10,12H2,1-3H3,(H2,17,18,19). The molecule has 0 aliphatic rings. The van der Waals surface area contributed by atoms with E-state index in [-0.39, 0.29) is 5.75 Å². The minimum absolute atomic E-state index is 0.0343. The Morgan fingerprint density at radius 1 is 1.26 bits per heavy atom. The van der Waals surface area contributed by atoms with Gasteiger partial charge in [-0.15, -0.1) is 0 Å². The van der Waals surface area contributed by atoms with Crippen LogP contribution < -0.4 is 10.6 Å². The molecule has 0 spiro atoms. The van der Waals surface area contributed by atoms with Crippen molar-refractivity contribution in [3.8, 4) is 0 Å². The fourth-order valence-corrected chi connectivity index (χ4v) is 3.72. The van der Waals surface area contributed by atoms with Crippen molar-refractivity contribution in [2.24, 2.45) is 4.99 Å². The molecule has 0 aromatic heterocycles. The fraction of sp³-hybridized carbons (Fsp3) is 0.533. The van der Waals surface area contributed by atoms with Gasteiger partial charge < -0.3 is 10.6 Å². The largest absolute Gasteiger partial charge is 0.355 e. The van der Waals surface area contributed by atoms with Crippen molar-refractivity contribution >= 4 is 27.6 Å². The van der Waals surface area contributed by atoms with Crippen molar-refractivity contribution < 1.29 is 8.42 Å². The van der Waals surface area contributed by atoms with Gasteiger partial charge in [-0.25, -0.2) is 12.7 Å². The van der Waals surface area contributed by atoms with E-state index in [1.54, 1.807) is 7.05 Å². The second-order valence-electron chi connectivity index (χ2n) is 4.88. The molecule has 0 aliphatic heterocycles. The maximum atomic E-state index is 12.1. The number of benzene rings is 1. The van der Waals surface area contributed by atoms with Crippen molar-refractivity contribution in [2.45, 2.75) is 20.4 Å². The molecule has 0 atom stereocenters. The van der Waals surface area contributed by atoms with E-state index in [1.165, 1.54) is 4.31 Å².